The van der Waals surface area contributed by atoms with Crippen molar-refractivity contribution in [1.82, 2.24) is 10.2 Å². The number of carbonyl (C=O) groups is 1. The molecule has 0 aliphatic carbocycles. The third kappa shape index (κ3) is 3.65. The molecule has 2 heterocycles. The summed E-state index contributed by atoms with van der Waals surface area (Å²) in [5, 5.41) is 10.8. The standard InChI is InChI=1S/C17H17N3O2S/c1-10-4-6-13(7-5-10)8-16(21)18-14-9-15(23-11(14)2)17-20-19-12(3)22-17/h4-7,9H,8H2,1-3H3,(H,18,21). The van der Waals surface area contributed by atoms with Gasteiger partial charge in [-0.1, -0.05) is 29.8 Å². The van der Waals surface area contributed by atoms with Crippen LogP contribution in [0.5, 0.6) is 0 Å². The van der Waals surface area contributed by atoms with E-state index >= 15 is 0 Å². The lowest BCUT2D eigenvalue weighted by atomic mass is 10.1. The Kier molecular flexibility index (Phi) is 4.25. The Labute approximate surface area is 138 Å². The van der Waals surface area contributed by atoms with E-state index in [-0.39, 0.29) is 5.91 Å². The van der Waals surface area contributed by atoms with E-state index in [2.05, 4.69) is 15.5 Å². The van der Waals surface area contributed by atoms with Crippen molar-refractivity contribution in [3.8, 4) is 10.8 Å². The number of hydrogen-bond acceptors (Lipinski definition) is 5. The largest absolute Gasteiger partial charge is 0.420 e. The maximum Gasteiger partial charge on any atom is 0.257 e. The molecule has 0 aliphatic rings. The summed E-state index contributed by atoms with van der Waals surface area (Å²) in [5.74, 6) is 0.966. The lowest BCUT2D eigenvalue weighted by Crippen LogP contribution is -2.14. The molecular formula is C17H17N3O2S. The van der Waals surface area contributed by atoms with Crippen LogP contribution in [0.4, 0.5) is 5.69 Å². The van der Waals surface area contributed by atoms with Gasteiger partial charge in [0.1, 0.15) is 0 Å². The van der Waals surface area contributed by atoms with Gasteiger partial charge in [-0.25, -0.2) is 0 Å². The Bertz CT molecular complexity index is 834. The predicted octanol–water partition coefficient (Wildman–Crippen LogP) is 3.90. The summed E-state index contributed by atoms with van der Waals surface area (Å²) in [5.41, 5.74) is 2.97. The Morgan fingerprint density at radius 1 is 1.17 bits per heavy atom. The van der Waals surface area contributed by atoms with Crippen LogP contribution in [0.2, 0.25) is 0 Å². The van der Waals surface area contributed by atoms with Crippen LogP contribution in [0, 0.1) is 20.8 Å². The van der Waals surface area contributed by atoms with E-state index in [9.17, 15) is 4.79 Å². The van der Waals surface area contributed by atoms with E-state index in [1.54, 1.807) is 6.92 Å². The molecule has 0 radical (unpaired) electrons. The highest BCUT2D eigenvalue weighted by Gasteiger charge is 2.14. The lowest BCUT2D eigenvalue weighted by Gasteiger charge is -2.04. The number of rotatable bonds is 4. The summed E-state index contributed by atoms with van der Waals surface area (Å²) in [7, 11) is 0. The number of nitrogens with zero attached hydrogens (tertiary/aromatic N) is 2. The van der Waals surface area contributed by atoms with Crippen LogP contribution in [-0.4, -0.2) is 16.1 Å². The normalized spacial score (nSPS) is 10.7. The molecule has 3 rings (SSSR count). The molecule has 0 spiro atoms. The highest BCUT2D eigenvalue weighted by molar-refractivity contribution is 7.15. The molecule has 0 saturated heterocycles. The average Bonchev–Trinajstić information content (AvgIpc) is 3.08. The number of aryl methyl sites for hydroxylation is 3. The van der Waals surface area contributed by atoms with E-state index in [4.69, 9.17) is 4.42 Å². The van der Waals surface area contributed by atoms with Crippen LogP contribution < -0.4 is 5.32 Å². The van der Waals surface area contributed by atoms with Crippen molar-refractivity contribution in [1.29, 1.82) is 0 Å². The second kappa shape index (κ2) is 6.34. The van der Waals surface area contributed by atoms with E-state index in [0.29, 0.717) is 18.2 Å². The number of aromatic nitrogens is 2. The number of amides is 1. The molecule has 0 aliphatic heterocycles. The molecule has 0 saturated carbocycles. The van der Waals surface area contributed by atoms with E-state index in [0.717, 1.165) is 21.0 Å². The molecule has 6 heteroatoms. The summed E-state index contributed by atoms with van der Waals surface area (Å²) in [6.45, 7) is 5.74. The number of thiophene rings is 1. The first-order valence-electron chi connectivity index (χ1n) is 7.27. The van der Waals surface area contributed by atoms with Crippen molar-refractivity contribution < 1.29 is 9.21 Å². The first kappa shape index (κ1) is 15.4. The zero-order chi connectivity index (χ0) is 16.4. The predicted molar refractivity (Wildman–Crippen MR) is 90.6 cm³/mol. The van der Waals surface area contributed by atoms with Gasteiger partial charge in [0, 0.05) is 11.8 Å². The second-order valence-corrected chi connectivity index (χ2v) is 6.67. The molecule has 118 valence electrons. The van der Waals surface area contributed by atoms with Gasteiger partial charge >= 0.3 is 0 Å². The Hall–Kier alpha value is -2.47. The maximum atomic E-state index is 12.2. The maximum absolute atomic E-state index is 12.2. The van der Waals surface area contributed by atoms with Crippen LogP contribution in [0.25, 0.3) is 10.8 Å². The zero-order valence-corrected chi connectivity index (χ0v) is 14.0. The first-order chi connectivity index (χ1) is 11.0. The number of nitrogens with one attached hydrogen (secondary N) is 1. The van der Waals surface area contributed by atoms with Crippen molar-refractivity contribution in [3.63, 3.8) is 0 Å². The summed E-state index contributed by atoms with van der Waals surface area (Å²) < 4.78 is 5.43. The molecule has 0 unspecified atom stereocenters. The fourth-order valence-electron chi connectivity index (χ4n) is 2.19. The van der Waals surface area contributed by atoms with Gasteiger partial charge in [-0.15, -0.1) is 21.5 Å². The Balaban J connectivity index is 1.71. The molecule has 5 nitrogen and oxygen atoms in total. The molecule has 1 aromatic carbocycles. The minimum absolute atomic E-state index is 0.0389. The molecule has 3 aromatic rings. The van der Waals surface area contributed by atoms with Crippen molar-refractivity contribution >= 4 is 22.9 Å². The van der Waals surface area contributed by atoms with Crippen LogP contribution in [0.1, 0.15) is 21.9 Å². The summed E-state index contributed by atoms with van der Waals surface area (Å²) >= 11 is 1.52. The Morgan fingerprint density at radius 2 is 1.91 bits per heavy atom. The monoisotopic (exact) mass is 327 g/mol. The lowest BCUT2D eigenvalue weighted by molar-refractivity contribution is -0.115. The molecule has 0 bridgehead atoms. The van der Waals surface area contributed by atoms with E-state index in [1.807, 2.05) is 44.2 Å². The quantitative estimate of drug-likeness (QED) is 0.789. The third-order valence-corrected chi connectivity index (χ3v) is 4.45. The zero-order valence-electron chi connectivity index (χ0n) is 13.2. The molecule has 2 aromatic heterocycles. The van der Waals surface area contributed by atoms with E-state index < -0.39 is 0 Å². The average molecular weight is 327 g/mol. The van der Waals surface area contributed by atoms with Gasteiger partial charge in [0.25, 0.3) is 5.89 Å². The molecule has 0 fully saturated rings. The van der Waals surface area contributed by atoms with E-state index in [1.165, 1.54) is 16.9 Å². The minimum Gasteiger partial charge on any atom is -0.420 e. The second-order valence-electron chi connectivity index (χ2n) is 5.42. The number of carbonyl (C=O) groups excluding carboxylic acids is 1. The SMILES string of the molecule is Cc1ccc(CC(=O)Nc2cc(-c3nnc(C)o3)sc2C)cc1. The summed E-state index contributed by atoms with van der Waals surface area (Å²) in [6.07, 6.45) is 0.352. The van der Waals surface area contributed by atoms with Crippen LogP contribution in [-0.2, 0) is 11.2 Å². The van der Waals surface area contributed by atoms with Gasteiger partial charge < -0.3 is 9.73 Å². The van der Waals surface area contributed by atoms with Crippen LogP contribution in [0.3, 0.4) is 0 Å². The molecule has 0 atom stereocenters. The van der Waals surface area contributed by atoms with Crippen molar-refractivity contribution in [2.75, 3.05) is 5.32 Å². The summed E-state index contributed by atoms with van der Waals surface area (Å²) in [4.78, 5) is 14.1. The fraction of sp³-hybridized carbons (Fsp3) is 0.235. The fourth-order valence-corrected chi connectivity index (χ4v) is 3.09. The smallest absolute Gasteiger partial charge is 0.257 e. The van der Waals surface area contributed by atoms with Gasteiger partial charge in [0.15, 0.2) is 0 Å². The molecular weight excluding hydrogens is 310 g/mol. The first-order valence-corrected chi connectivity index (χ1v) is 8.09. The van der Waals surface area contributed by atoms with Gasteiger partial charge in [-0.3, -0.25) is 4.79 Å². The van der Waals surface area contributed by atoms with Gasteiger partial charge in [-0.2, -0.15) is 0 Å². The number of hydrogen-bond donors (Lipinski definition) is 1. The molecule has 1 N–H and O–H groups in total. The highest BCUT2D eigenvalue weighted by atomic mass is 32.1. The van der Waals surface area contributed by atoms with Gasteiger partial charge in [0.05, 0.1) is 17.0 Å². The van der Waals surface area contributed by atoms with Gasteiger partial charge in [-0.05, 0) is 25.5 Å². The molecule has 23 heavy (non-hydrogen) atoms. The third-order valence-electron chi connectivity index (χ3n) is 3.41. The van der Waals surface area contributed by atoms with Crippen LogP contribution in [0.15, 0.2) is 34.7 Å². The minimum atomic E-state index is -0.0389. The summed E-state index contributed by atoms with van der Waals surface area (Å²) in [6, 6.07) is 9.84. The van der Waals surface area contributed by atoms with Crippen molar-refractivity contribution in [2.45, 2.75) is 27.2 Å². The van der Waals surface area contributed by atoms with Crippen LogP contribution >= 0.6 is 11.3 Å². The van der Waals surface area contributed by atoms with Gasteiger partial charge in [0.2, 0.25) is 11.8 Å². The topological polar surface area (TPSA) is 68.0 Å². The Morgan fingerprint density at radius 3 is 2.57 bits per heavy atom. The highest BCUT2D eigenvalue weighted by Crippen LogP contribution is 2.33. The van der Waals surface area contributed by atoms with Crippen molar-refractivity contribution in [3.05, 3.63) is 52.2 Å². The van der Waals surface area contributed by atoms with Crippen molar-refractivity contribution in [2.24, 2.45) is 0 Å². The molecule has 1 amide bonds. The number of benzene rings is 1. The number of anilines is 1.